The molecule has 0 unspecified atom stereocenters. The molecule has 0 saturated carbocycles. The summed E-state index contributed by atoms with van der Waals surface area (Å²) in [5.41, 5.74) is -0.0512. The monoisotopic (exact) mass is 301 g/mol. The van der Waals surface area contributed by atoms with E-state index < -0.39 is 28.2 Å². The minimum atomic E-state index is -1.33. The van der Waals surface area contributed by atoms with Crippen LogP contribution < -0.4 is 0 Å². The molecule has 19 heavy (non-hydrogen) atoms. The topological polar surface area (TPSA) is 94.3 Å². The summed E-state index contributed by atoms with van der Waals surface area (Å²) in [6.07, 6.45) is 0. The van der Waals surface area contributed by atoms with Crippen LogP contribution in [-0.2, 0) is 27.0 Å². The summed E-state index contributed by atoms with van der Waals surface area (Å²) in [7, 11) is 0. The molecule has 0 atom stereocenters. The molecule has 1 aromatic rings. The minimum Gasteiger partial charge on any atom is -0.299 e. The molecule has 0 saturated heterocycles. The van der Waals surface area contributed by atoms with E-state index in [0.29, 0.717) is 0 Å². The number of Topliss-reactive ketones (excluding diaryl/α,β-unsaturated/α-hetero) is 3. The van der Waals surface area contributed by atoms with Gasteiger partial charge in [-0.15, -0.1) is 0 Å². The van der Waals surface area contributed by atoms with E-state index in [1.54, 1.807) is 0 Å². The fourth-order valence-corrected chi connectivity index (χ4v) is 1.57. The Morgan fingerprint density at radius 1 is 1.05 bits per heavy atom. The summed E-state index contributed by atoms with van der Waals surface area (Å²) in [6, 6.07) is 4.79. The van der Waals surface area contributed by atoms with Crippen molar-refractivity contribution >= 4 is 23.0 Å². The SMILES string of the molecule is CC(=O)C(C(C)=O)C(=O)c1ccc([N+](=O)[O-])cc1.[Cr]. The summed E-state index contributed by atoms with van der Waals surface area (Å²) < 4.78 is 0. The van der Waals surface area contributed by atoms with Crippen molar-refractivity contribution in [2.24, 2.45) is 5.92 Å². The van der Waals surface area contributed by atoms with E-state index in [1.165, 1.54) is 12.1 Å². The van der Waals surface area contributed by atoms with Gasteiger partial charge in [0, 0.05) is 35.1 Å². The first kappa shape index (κ1) is 17.2. The van der Waals surface area contributed by atoms with Crippen LogP contribution in [-0.4, -0.2) is 22.3 Å². The van der Waals surface area contributed by atoms with Crippen LogP contribution in [0, 0.1) is 16.0 Å². The van der Waals surface area contributed by atoms with Gasteiger partial charge in [-0.3, -0.25) is 24.5 Å². The van der Waals surface area contributed by atoms with Gasteiger partial charge in [-0.1, -0.05) is 0 Å². The first-order valence-corrected chi connectivity index (χ1v) is 5.14. The van der Waals surface area contributed by atoms with Crippen LogP contribution in [0.4, 0.5) is 5.69 Å². The standard InChI is InChI=1S/C12H11NO5.Cr/c1-7(14)11(8(2)15)12(16)9-3-5-10(6-4-9)13(17)18;/h3-6,11H,1-2H3;. The van der Waals surface area contributed by atoms with Gasteiger partial charge in [-0.25, -0.2) is 0 Å². The molecule has 0 amide bonds. The maximum atomic E-state index is 11.9. The molecule has 0 heterocycles. The number of rotatable bonds is 5. The first-order valence-electron chi connectivity index (χ1n) is 5.14. The maximum absolute atomic E-state index is 11.9. The van der Waals surface area contributed by atoms with Crippen molar-refractivity contribution in [2.75, 3.05) is 0 Å². The third kappa shape index (κ3) is 4.09. The van der Waals surface area contributed by atoms with E-state index in [-0.39, 0.29) is 28.6 Å². The molecule has 6 nitrogen and oxygen atoms in total. The Bertz CT molecular complexity index is 509. The number of carbonyl (C=O) groups excluding carboxylic acids is 3. The Labute approximate surface area is 120 Å². The zero-order valence-electron chi connectivity index (χ0n) is 10.3. The van der Waals surface area contributed by atoms with Gasteiger partial charge >= 0.3 is 0 Å². The number of nitro benzene ring substituents is 1. The van der Waals surface area contributed by atoms with Crippen LogP contribution in [0.5, 0.6) is 0 Å². The number of carbonyl (C=O) groups is 3. The number of non-ortho nitro benzene ring substituents is 1. The van der Waals surface area contributed by atoms with Crippen LogP contribution >= 0.6 is 0 Å². The Morgan fingerprint density at radius 3 is 1.79 bits per heavy atom. The van der Waals surface area contributed by atoms with Gasteiger partial charge in [0.05, 0.1) is 4.92 Å². The molecule has 0 radical (unpaired) electrons. The molecule has 0 bridgehead atoms. The number of hydrogen-bond donors (Lipinski definition) is 0. The molecule has 0 aliphatic heterocycles. The van der Waals surface area contributed by atoms with Crippen LogP contribution in [0.25, 0.3) is 0 Å². The zero-order valence-corrected chi connectivity index (χ0v) is 11.6. The summed E-state index contributed by atoms with van der Waals surface area (Å²) in [6.45, 7) is 2.32. The van der Waals surface area contributed by atoms with E-state index in [2.05, 4.69) is 0 Å². The molecule has 1 rings (SSSR count). The summed E-state index contributed by atoms with van der Waals surface area (Å²) in [5, 5.41) is 10.4. The van der Waals surface area contributed by atoms with Gasteiger partial charge in [0.15, 0.2) is 5.78 Å². The largest absolute Gasteiger partial charge is 0.299 e. The summed E-state index contributed by atoms with van der Waals surface area (Å²) in [4.78, 5) is 44.2. The predicted octanol–water partition coefficient (Wildman–Crippen LogP) is 1.57. The second-order valence-corrected chi connectivity index (χ2v) is 3.82. The molecule has 1 aromatic carbocycles. The molecule has 0 aliphatic rings. The predicted molar refractivity (Wildman–Crippen MR) is 62.3 cm³/mol. The molecule has 0 spiro atoms. The van der Waals surface area contributed by atoms with Crippen molar-refractivity contribution in [2.45, 2.75) is 13.8 Å². The van der Waals surface area contributed by atoms with Crippen molar-refractivity contribution < 1.29 is 36.7 Å². The number of nitrogens with zero attached hydrogens (tertiary/aromatic N) is 1. The number of benzene rings is 1. The van der Waals surface area contributed by atoms with Gasteiger partial charge in [0.25, 0.3) is 5.69 Å². The quantitative estimate of drug-likeness (QED) is 0.356. The molecular formula is C12H11CrNO5. The fraction of sp³-hybridized carbons (Fsp3) is 0.250. The van der Waals surface area contributed by atoms with E-state index in [0.717, 1.165) is 26.0 Å². The zero-order chi connectivity index (χ0) is 13.9. The van der Waals surface area contributed by atoms with Gasteiger partial charge in [0.2, 0.25) is 0 Å². The summed E-state index contributed by atoms with van der Waals surface area (Å²) in [5.74, 6) is -3.03. The van der Waals surface area contributed by atoms with Gasteiger partial charge in [0.1, 0.15) is 17.5 Å². The van der Waals surface area contributed by atoms with E-state index >= 15 is 0 Å². The number of ketones is 3. The second-order valence-electron chi connectivity index (χ2n) is 3.82. The fourth-order valence-electron chi connectivity index (χ4n) is 1.57. The van der Waals surface area contributed by atoms with Gasteiger partial charge < -0.3 is 0 Å². The Kier molecular flexibility index (Phi) is 6.26. The Balaban J connectivity index is 0.00000324. The van der Waals surface area contributed by atoms with Crippen molar-refractivity contribution in [1.82, 2.24) is 0 Å². The molecule has 7 heteroatoms. The molecule has 0 aliphatic carbocycles. The number of hydrogen-bond acceptors (Lipinski definition) is 5. The van der Waals surface area contributed by atoms with Crippen LogP contribution in [0.2, 0.25) is 0 Å². The van der Waals surface area contributed by atoms with E-state index in [4.69, 9.17) is 0 Å². The number of nitro groups is 1. The third-order valence-electron chi connectivity index (χ3n) is 2.44. The van der Waals surface area contributed by atoms with Crippen molar-refractivity contribution in [1.29, 1.82) is 0 Å². The molecule has 100 valence electrons. The van der Waals surface area contributed by atoms with Crippen molar-refractivity contribution in [3.63, 3.8) is 0 Å². The third-order valence-corrected chi connectivity index (χ3v) is 2.44. The first-order chi connectivity index (χ1) is 8.34. The van der Waals surface area contributed by atoms with E-state index in [1.807, 2.05) is 0 Å². The second kappa shape index (κ2) is 6.93. The van der Waals surface area contributed by atoms with Gasteiger partial charge in [-0.2, -0.15) is 0 Å². The van der Waals surface area contributed by atoms with Crippen molar-refractivity contribution in [3.05, 3.63) is 39.9 Å². The van der Waals surface area contributed by atoms with Crippen LogP contribution in [0.1, 0.15) is 24.2 Å². The smallest absolute Gasteiger partial charge is 0.269 e. The Hall–Kier alpha value is -1.84. The normalized spacial score (nSPS) is 9.63. The molecular weight excluding hydrogens is 290 g/mol. The van der Waals surface area contributed by atoms with Crippen LogP contribution in [0.3, 0.4) is 0 Å². The minimum absolute atomic E-state index is 0. The summed E-state index contributed by atoms with van der Waals surface area (Å²) >= 11 is 0. The molecule has 0 N–H and O–H groups in total. The van der Waals surface area contributed by atoms with Gasteiger partial charge in [-0.05, 0) is 26.0 Å². The molecule has 0 aromatic heterocycles. The maximum Gasteiger partial charge on any atom is 0.269 e. The Morgan fingerprint density at radius 2 is 1.47 bits per heavy atom. The molecule has 0 fully saturated rings. The van der Waals surface area contributed by atoms with Crippen LogP contribution in [0.15, 0.2) is 24.3 Å². The van der Waals surface area contributed by atoms with Crippen molar-refractivity contribution in [3.8, 4) is 0 Å². The average molecular weight is 301 g/mol. The average Bonchev–Trinajstić information content (AvgIpc) is 2.28. The van der Waals surface area contributed by atoms with E-state index in [9.17, 15) is 24.5 Å².